The number of benzene rings is 1. The van der Waals surface area contributed by atoms with Crippen LogP contribution in [0.2, 0.25) is 0 Å². The van der Waals surface area contributed by atoms with Crippen molar-refractivity contribution in [2.24, 2.45) is 0 Å². The van der Waals surface area contributed by atoms with Gasteiger partial charge in [0.25, 0.3) is 0 Å². The van der Waals surface area contributed by atoms with Gasteiger partial charge in [0.1, 0.15) is 27.8 Å². The number of ether oxygens (including phenoxy) is 1. The molecule has 0 unspecified atom stereocenters. The highest BCUT2D eigenvalue weighted by Crippen LogP contribution is 2.30. The van der Waals surface area contributed by atoms with E-state index >= 15 is 0 Å². The van der Waals surface area contributed by atoms with E-state index < -0.39 is 11.6 Å². The summed E-state index contributed by atoms with van der Waals surface area (Å²) in [4.78, 5) is 25.4. The largest absolute Gasteiger partial charge is 0.379 e. The molecule has 0 bridgehead atoms. The van der Waals surface area contributed by atoms with Gasteiger partial charge in [-0.2, -0.15) is 0 Å². The Labute approximate surface area is 181 Å². The van der Waals surface area contributed by atoms with Gasteiger partial charge in [-0.15, -0.1) is 0 Å². The number of aromatic nitrogens is 2. The fourth-order valence-corrected chi connectivity index (χ4v) is 4.05. The number of amides is 2. The molecule has 1 saturated heterocycles. The number of thiazole rings is 1. The summed E-state index contributed by atoms with van der Waals surface area (Å²) in [6, 6.07) is 6.48. The first-order valence-corrected chi connectivity index (χ1v) is 10.6. The van der Waals surface area contributed by atoms with Gasteiger partial charge in [0.2, 0.25) is 0 Å². The number of nitrogens with zero attached hydrogens (tertiary/aromatic N) is 4. The molecule has 8 nitrogen and oxygen atoms in total. The van der Waals surface area contributed by atoms with Gasteiger partial charge in [-0.3, -0.25) is 10.2 Å². The van der Waals surface area contributed by atoms with Crippen LogP contribution in [0.4, 0.5) is 30.2 Å². The maximum atomic E-state index is 14.1. The molecule has 0 atom stereocenters. The van der Waals surface area contributed by atoms with Gasteiger partial charge in [0, 0.05) is 39.3 Å². The molecule has 164 valence electrons. The Balaban J connectivity index is 1.38. The smallest absolute Gasteiger partial charge is 0.321 e. The molecule has 0 spiro atoms. The van der Waals surface area contributed by atoms with Gasteiger partial charge < -0.3 is 15.0 Å². The minimum absolute atomic E-state index is 0.204. The second-order valence-electron chi connectivity index (χ2n) is 7.00. The maximum absolute atomic E-state index is 14.1. The second kappa shape index (κ2) is 9.50. The molecule has 11 heteroatoms. The summed E-state index contributed by atoms with van der Waals surface area (Å²) in [5, 5.41) is 5.96. The first-order valence-electron chi connectivity index (χ1n) is 9.81. The second-order valence-corrected chi connectivity index (χ2v) is 7.98. The zero-order chi connectivity index (χ0) is 21.8. The number of rotatable bonds is 6. The van der Waals surface area contributed by atoms with Crippen LogP contribution in [0.1, 0.15) is 0 Å². The van der Waals surface area contributed by atoms with E-state index in [4.69, 9.17) is 4.74 Å². The number of urea groups is 1. The lowest BCUT2D eigenvalue weighted by Crippen LogP contribution is -2.42. The number of morpholine rings is 1. The lowest BCUT2D eigenvalue weighted by atomic mass is 10.2. The highest BCUT2D eigenvalue weighted by Gasteiger charge is 2.15. The third kappa shape index (κ3) is 5.24. The standard InChI is InChI=1S/C20H22F2N6O2S/c1-27(16-4-2-13(21)12-14(16)22)17-5-3-15-18(25-17)31-20(24-15)26-19(29)23-6-7-28-8-10-30-11-9-28/h2-5,12H,6-11H2,1H3,(H2,23,24,26,29). The van der Waals surface area contributed by atoms with E-state index in [0.717, 1.165) is 38.9 Å². The SMILES string of the molecule is CN(c1ccc2nc(NC(=O)NCCN3CCOCC3)sc2n1)c1ccc(F)cc1F. The monoisotopic (exact) mass is 448 g/mol. The Morgan fingerprint density at radius 1 is 1.23 bits per heavy atom. The van der Waals surface area contributed by atoms with E-state index in [9.17, 15) is 13.6 Å². The number of carbonyl (C=O) groups is 1. The number of nitrogens with one attached hydrogen (secondary N) is 2. The molecule has 2 N–H and O–H groups in total. The van der Waals surface area contributed by atoms with Crippen LogP contribution in [0, 0.1) is 11.6 Å². The summed E-state index contributed by atoms with van der Waals surface area (Å²) < 4.78 is 32.6. The van der Waals surface area contributed by atoms with Crippen molar-refractivity contribution in [3.63, 3.8) is 0 Å². The summed E-state index contributed by atoms with van der Waals surface area (Å²) in [7, 11) is 1.65. The third-order valence-corrected chi connectivity index (χ3v) is 5.77. The van der Waals surface area contributed by atoms with Gasteiger partial charge in [-0.1, -0.05) is 11.3 Å². The zero-order valence-electron chi connectivity index (χ0n) is 16.9. The highest BCUT2D eigenvalue weighted by atomic mass is 32.1. The molecule has 1 aliphatic rings. The Morgan fingerprint density at radius 2 is 2.03 bits per heavy atom. The van der Waals surface area contributed by atoms with Crippen molar-refractivity contribution >= 4 is 44.4 Å². The van der Waals surface area contributed by atoms with Crippen LogP contribution in [-0.4, -0.2) is 67.3 Å². The maximum Gasteiger partial charge on any atom is 0.321 e. The molecular weight excluding hydrogens is 426 g/mol. The van der Waals surface area contributed by atoms with Crippen LogP contribution in [-0.2, 0) is 4.74 Å². The van der Waals surface area contributed by atoms with Crippen LogP contribution in [0.5, 0.6) is 0 Å². The quantitative estimate of drug-likeness (QED) is 0.603. The van der Waals surface area contributed by atoms with Crippen LogP contribution >= 0.6 is 11.3 Å². The Hall–Kier alpha value is -2.89. The predicted molar refractivity (Wildman–Crippen MR) is 116 cm³/mol. The predicted octanol–water partition coefficient (Wildman–Crippen LogP) is 3.19. The van der Waals surface area contributed by atoms with E-state index in [1.165, 1.54) is 28.4 Å². The number of hydrogen-bond donors (Lipinski definition) is 2. The van der Waals surface area contributed by atoms with Crippen LogP contribution in [0.3, 0.4) is 0 Å². The molecule has 2 amide bonds. The number of carbonyl (C=O) groups excluding carboxylic acids is 1. The molecule has 31 heavy (non-hydrogen) atoms. The summed E-state index contributed by atoms with van der Waals surface area (Å²) in [5.41, 5.74) is 0.820. The Bertz CT molecular complexity index is 1070. The third-order valence-electron chi connectivity index (χ3n) is 4.89. The zero-order valence-corrected chi connectivity index (χ0v) is 17.7. The molecule has 0 aliphatic carbocycles. The lowest BCUT2D eigenvalue weighted by Gasteiger charge is -2.26. The minimum Gasteiger partial charge on any atom is -0.379 e. The van der Waals surface area contributed by atoms with Crippen molar-refractivity contribution < 1.29 is 18.3 Å². The van der Waals surface area contributed by atoms with Gasteiger partial charge in [0.05, 0.1) is 18.9 Å². The minimum atomic E-state index is -0.676. The Kier molecular flexibility index (Phi) is 6.54. The topological polar surface area (TPSA) is 82.6 Å². The number of hydrogen-bond acceptors (Lipinski definition) is 7. The molecule has 4 rings (SSSR count). The molecule has 2 aromatic heterocycles. The van der Waals surface area contributed by atoms with Crippen molar-refractivity contribution in [1.82, 2.24) is 20.2 Å². The van der Waals surface area contributed by atoms with Gasteiger partial charge in [-0.25, -0.2) is 23.5 Å². The van der Waals surface area contributed by atoms with Crippen LogP contribution in [0.15, 0.2) is 30.3 Å². The molecule has 0 radical (unpaired) electrons. The molecular formula is C20H22F2N6O2S. The van der Waals surface area contributed by atoms with E-state index in [2.05, 4.69) is 25.5 Å². The van der Waals surface area contributed by atoms with Crippen LogP contribution in [0.25, 0.3) is 10.3 Å². The van der Waals surface area contributed by atoms with Crippen molar-refractivity contribution in [2.45, 2.75) is 0 Å². The average Bonchev–Trinajstić information content (AvgIpc) is 3.15. The average molecular weight is 448 g/mol. The fourth-order valence-electron chi connectivity index (χ4n) is 3.22. The highest BCUT2D eigenvalue weighted by molar-refractivity contribution is 7.22. The number of anilines is 3. The molecule has 3 heterocycles. The van der Waals surface area contributed by atoms with Crippen molar-refractivity contribution in [3.05, 3.63) is 42.0 Å². The lowest BCUT2D eigenvalue weighted by molar-refractivity contribution is 0.0388. The summed E-state index contributed by atoms with van der Waals surface area (Å²) in [5.74, 6) is -0.840. The first-order chi connectivity index (χ1) is 15.0. The number of pyridine rings is 1. The first kappa shape index (κ1) is 21.3. The fraction of sp³-hybridized carbons (Fsp3) is 0.350. The van der Waals surface area contributed by atoms with Crippen LogP contribution < -0.4 is 15.5 Å². The molecule has 1 aliphatic heterocycles. The molecule has 3 aromatic rings. The summed E-state index contributed by atoms with van der Waals surface area (Å²) in [6.45, 7) is 4.45. The van der Waals surface area contributed by atoms with Gasteiger partial charge >= 0.3 is 6.03 Å². The van der Waals surface area contributed by atoms with Gasteiger partial charge in [0.15, 0.2) is 5.13 Å². The Morgan fingerprint density at radius 3 is 2.81 bits per heavy atom. The van der Waals surface area contributed by atoms with E-state index in [-0.39, 0.29) is 11.7 Å². The summed E-state index contributed by atoms with van der Waals surface area (Å²) >= 11 is 1.22. The summed E-state index contributed by atoms with van der Waals surface area (Å²) in [6.07, 6.45) is 0. The molecule has 0 saturated carbocycles. The van der Waals surface area contributed by atoms with Crippen molar-refractivity contribution in [3.8, 4) is 0 Å². The molecule has 1 aromatic carbocycles. The normalized spacial score (nSPS) is 14.5. The van der Waals surface area contributed by atoms with Gasteiger partial charge in [-0.05, 0) is 24.3 Å². The van der Waals surface area contributed by atoms with Crippen molar-refractivity contribution in [1.29, 1.82) is 0 Å². The van der Waals surface area contributed by atoms with E-state index in [1.54, 1.807) is 19.2 Å². The number of halogens is 2. The van der Waals surface area contributed by atoms with E-state index in [0.29, 0.717) is 27.8 Å². The molecule has 1 fully saturated rings. The van der Waals surface area contributed by atoms with E-state index in [1.807, 2.05) is 0 Å². The van der Waals surface area contributed by atoms with Crippen molar-refractivity contribution in [2.75, 3.05) is 56.7 Å². The number of fused-ring (bicyclic) bond motifs is 1.